The molecule has 3 rings (SSSR count). The minimum absolute atomic E-state index is 0.0569. The van der Waals surface area contributed by atoms with E-state index in [4.69, 9.17) is 21.1 Å². The minimum Gasteiger partial charge on any atom is -0.486 e. The van der Waals surface area contributed by atoms with Crippen LogP contribution in [-0.2, 0) is 14.8 Å². The maximum atomic E-state index is 12.7. The lowest BCUT2D eigenvalue weighted by atomic mass is 10.3. The van der Waals surface area contributed by atoms with E-state index in [1.165, 1.54) is 43.4 Å². The van der Waals surface area contributed by atoms with Crippen molar-refractivity contribution in [3.05, 3.63) is 41.4 Å². The molecule has 0 atom stereocenters. The maximum absolute atomic E-state index is 12.7. The van der Waals surface area contributed by atoms with Crippen LogP contribution in [0, 0.1) is 0 Å². The number of amides is 1. The summed E-state index contributed by atoms with van der Waals surface area (Å²) in [7, 11) is -2.73. The summed E-state index contributed by atoms with van der Waals surface area (Å²) >= 11 is 5.84. The lowest BCUT2D eigenvalue weighted by Crippen LogP contribution is -2.35. The first-order valence-corrected chi connectivity index (χ1v) is 10.4. The summed E-state index contributed by atoms with van der Waals surface area (Å²) in [5, 5.41) is 2.32. The number of carbonyl (C=O) groups is 1. The number of ether oxygens (including phenoxy) is 3. The first-order chi connectivity index (χ1) is 14.2. The van der Waals surface area contributed by atoms with Gasteiger partial charge in [-0.3, -0.25) is 4.79 Å². The Labute approximate surface area is 176 Å². The highest BCUT2D eigenvalue weighted by molar-refractivity contribution is 7.89. The van der Waals surface area contributed by atoms with Crippen LogP contribution in [0.15, 0.2) is 41.3 Å². The van der Waals surface area contributed by atoms with Crippen LogP contribution in [0.1, 0.15) is 0 Å². The van der Waals surface area contributed by atoms with E-state index in [1.807, 2.05) is 0 Å². The van der Waals surface area contributed by atoms with Crippen LogP contribution in [0.3, 0.4) is 0 Å². The molecule has 0 aliphatic carbocycles. The van der Waals surface area contributed by atoms with Crippen molar-refractivity contribution < 1.29 is 36.2 Å². The molecule has 1 aliphatic heterocycles. The predicted octanol–water partition coefficient (Wildman–Crippen LogP) is 2.97. The Hall–Kier alpha value is -2.63. The molecule has 2 aromatic carbocycles. The Kier molecular flexibility index (Phi) is 6.64. The average Bonchev–Trinajstić information content (AvgIpc) is 2.69. The van der Waals surface area contributed by atoms with Crippen LogP contribution in [0.2, 0.25) is 5.02 Å². The first kappa shape index (κ1) is 22.1. The number of rotatable bonds is 7. The quantitative estimate of drug-likeness (QED) is 0.680. The van der Waals surface area contributed by atoms with Gasteiger partial charge in [0.05, 0.1) is 16.5 Å². The van der Waals surface area contributed by atoms with Crippen LogP contribution >= 0.6 is 11.6 Å². The van der Waals surface area contributed by atoms with Crippen molar-refractivity contribution in [2.45, 2.75) is 11.5 Å². The Balaban J connectivity index is 1.67. The first-order valence-electron chi connectivity index (χ1n) is 8.57. The molecule has 0 unspecified atom stereocenters. The van der Waals surface area contributed by atoms with Crippen LogP contribution < -0.4 is 19.5 Å². The largest absolute Gasteiger partial charge is 0.486 e. The van der Waals surface area contributed by atoms with Crippen LogP contribution in [-0.4, -0.2) is 52.0 Å². The molecule has 12 heteroatoms. The third-order valence-electron chi connectivity index (χ3n) is 4.02. The van der Waals surface area contributed by atoms with Crippen molar-refractivity contribution in [2.24, 2.45) is 0 Å². The monoisotopic (exact) mass is 462 g/mol. The number of nitrogens with zero attached hydrogens (tertiary/aromatic N) is 1. The number of hydrogen-bond donors (Lipinski definition) is 1. The van der Waals surface area contributed by atoms with Crippen LogP contribution in [0.4, 0.5) is 14.5 Å². The molecule has 1 amide bonds. The number of halogens is 3. The van der Waals surface area contributed by atoms with Gasteiger partial charge in [-0.2, -0.15) is 13.1 Å². The zero-order chi connectivity index (χ0) is 21.9. The van der Waals surface area contributed by atoms with Gasteiger partial charge in [0.25, 0.3) is 0 Å². The number of carbonyl (C=O) groups excluding carboxylic acids is 1. The van der Waals surface area contributed by atoms with E-state index >= 15 is 0 Å². The predicted molar refractivity (Wildman–Crippen MR) is 104 cm³/mol. The molecule has 0 saturated carbocycles. The van der Waals surface area contributed by atoms with Crippen molar-refractivity contribution in [3.63, 3.8) is 0 Å². The molecule has 1 heterocycles. The number of alkyl halides is 2. The zero-order valence-corrected chi connectivity index (χ0v) is 17.2. The highest BCUT2D eigenvalue weighted by Gasteiger charge is 2.25. The Morgan fingerprint density at radius 2 is 1.90 bits per heavy atom. The Morgan fingerprint density at radius 3 is 2.57 bits per heavy atom. The summed E-state index contributed by atoms with van der Waals surface area (Å²) in [4.78, 5) is 12.2. The lowest BCUT2D eigenvalue weighted by Gasteiger charge is -2.21. The topological polar surface area (TPSA) is 94.2 Å². The fourth-order valence-electron chi connectivity index (χ4n) is 2.62. The van der Waals surface area contributed by atoms with E-state index in [9.17, 15) is 22.0 Å². The number of likely N-dealkylation sites (N-methyl/N-ethyl adjacent to an activating group) is 1. The molecular formula is C18H17ClF2N2O6S. The van der Waals surface area contributed by atoms with Crippen molar-refractivity contribution >= 4 is 33.2 Å². The molecule has 0 radical (unpaired) electrons. The van der Waals surface area contributed by atoms with E-state index in [2.05, 4.69) is 10.1 Å². The smallest absolute Gasteiger partial charge is 0.387 e. The van der Waals surface area contributed by atoms with E-state index < -0.39 is 29.1 Å². The van der Waals surface area contributed by atoms with E-state index in [1.54, 1.807) is 0 Å². The van der Waals surface area contributed by atoms with Crippen LogP contribution in [0.25, 0.3) is 0 Å². The highest BCUT2D eigenvalue weighted by atomic mass is 35.5. The van der Waals surface area contributed by atoms with Crippen LogP contribution in [0.5, 0.6) is 17.2 Å². The van der Waals surface area contributed by atoms with Gasteiger partial charge < -0.3 is 19.5 Å². The third-order valence-corrected chi connectivity index (χ3v) is 6.11. The van der Waals surface area contributed by atoms with Gasteiger partial charge in [0.1, 0.15) is 19.0 Å². The zero-order valence-electron chi connectivity index (χ0n) is 15.6. The molecule has 162 valence electrons. The molecule has 8 nitrogen and oxygen atoms in total. The van der Waals surface area contributed by atoms with Gasteiger partial charge in [0.15, 0.2) is 11.5 Å². The summed E-state index contributed by atoms with van der Waals surface area (Å²) in [6, 6.07) is 7.86. The fourth-order valence-corrected chi connectivity index (χ4v) is 3.99. The Bertz CT molecular complexity index is 1050. The van der Waals surface area contributed by atoms with E-state index in [0.717, 1.165) is 4.31 Å². The summed E-state index contributed by atoms with van der Waals surface area (Å²) in [5.74, 6) is -0.155. The molecule has 30 heavy (non-hydrogen) atoms. The number of benzene rings is 2. The summed E-state index contributed by atoms with van der Waals surface area (Å²) in [5.41, 5.74) is 0.191. The lowest BCUT2D eigenvalue weighted by molar-refractivity contribution is -0.116. The third kappa shape index (κ3) is 5.10. The molecule has 1 aliphatic rings. The normalized spacial score (nSPS) is 13.4. The fraction of sp³-hybridized carbons (Fsp3) is 0.278. The molecule has 0 fully saturated rings. The summed E-state index contributed by atoms with van der Waals surface area (Å²) in [6.07, 6.45) is 0. The summed E-state index contributed by atoms with van der Waals surface area (Å²) in [6.45, 7) is -2.86. The van der Waals surface area contributed by atoms with Crippen molar-refractivity contribution in [2.75, 3.05) is 32.1 Å². The number of fused-ring (bicyclic) bond motifs is 1. The number of hydrogen-bond acceptors (Lipinski definition) is 6. The van der Waals surface area contributed by atoms with Gasteiger partial charge in [-0.25, -0.2) is 8.42 Å². The van der Waals surface area contributed by atoms with Crippen molar-refractivity contribution in [3.8, 4) is 17.2 Å². The second-order valence-corrected chi connectivity index (χ2v) is 8.59. The van der Waals surface area contributed by atoms with Gasteiger partial charge in [0.2, 0.25) is 15.9 Å². The second kappa shape index (κ2) is 9.02. The molecule has 0 spiro atoms. The number of nitrogens with one attached hydrogen (secondary N) is 1. The number of sulfonamides is 1. The summed E-state index contributed by atoms with van der Waals surface area (Å²) < 4.78 is 65.9. The number of anilines is 1. The second-order valence-electron chi connectivity index (χ2n) is 6.14. The molecule has 2 aromatic rings. The van der Waals surface area contributed by atoms with Crippen molar-refractivity contribution in [1.29, 1.82) is 0 Å². The Morgan fingerprint density at radius 1 is 1.20 bits per heavy atom. The van der Waals surface area contributed by atoms with Gasteiger partial charge in [-0.05, 0) is 30.3 Å². The molecular weight excluding hydrogens is 446 g/mol. The highest BCUT2D eigenvalue weighted by Crippen LogP contribution is 2.33. The minimum atomic E-state index is -3.98. The molecule has 0 aromatic heterocycles. The standard InChI is InChI=1S/C18H17ClF2N2O6S/c1-23(30(25,26)12-3-5-15-16(9-12)28-7-6-27-15)10-17(24)22-11-2-4-14(13(19)8-11)29-18(20)21/h2-5,8-9,18H,6-7,10H2,1H3,(H,22,24). The molecule has 0 saturated heterocycles. The van der Waals surface area contributed by atoms with Gasteiger partial charge in [-0.1, -0.05) is 11.6 Å². The van der Waals surface area contributed by atoms with E-state index in [0.29, 0.717) is 24.7 Å². The SMILES string of the molecule is CN(CC(=O)Nc1ccc(OC(F)F)c(Cl)c1)S(=O)(=O)c1ccc2c(c1)OCCO2. The average molecular weight is 463 g/mol. The molecule has 0 bridgehead atoms. The van der Waals surface area contributed by atoms with Gasteiger partial charge >= 0.3 is 6.61 Å². The van der Waals surface area contributed by atoms with Gasteiger partial charge in [-0.15, -0.1) is 0 Å². The van der Waals surface area contributed by atoms with Gasteiger partial charge in [0, 0.05) is 18.8 Å². The maximum Gasteiger partial charge on any atom is 0.387 e. The van der Waals surface area contributed by atoms with Crippen molar-refractivity contribution in [1.82, 2.24) is 4.31 Å². The van der Waals surface area contributed by atoms with E-state index in [-0.39, 0.29) is 21.4 Å². The molecule has 1 N–H and O–H groups in total.